The Bertz CT molecular complexity index is 759. The molecule has 0 bridgehead atoms. The lowest BCUT2D eigenvalue weighted by Gasteiger charge is -2.32. The predicted molar refractivity (Wildman–Crippen MR) is 103 cm³/mol. The molecule has 1 aromatic heterocycles. The second-order valence-corrected chi connectivity index (χ2v) is 7.51. The van der Waals surface area contributed by atoms with E-state index in [4.69, 9.17) is 0 Å². The first-order chi connectivity index (χ1) is 12.7. The number of likely N-dealkylation sites (tertiary alicyclic amines) is 1. The molecule has 5 nitrogen and oxygen atoms in total. The van der Waals surface area contributed by atoms with E-state index >= 15 is 0 Å². The van der Waals surface area contributed by atoms with Gasteiger partial charge in [-0.15, -0.1) is 11.8 Å². The smallest absolute Gasteiger partial charge is 0.253 e. The summed E-state index contributed by atoms with van der Waals surface area (Å²) in [5, 5.41) is 3.95. The summed E-state index contributed by atoms with van der Waals surface area (Å²) in [6.45, 7) is 3.38. The fraction of sp³-hybridized carbons (Fsp3) is 0.350. The molecule has 1 aromatic carbocycles. The molecule has 0 atom stereocenters. The van der Waals surface area contributed by atoms with Crippen molar-refractivity contribution in [2.75, 3.05) is 18.8 Å². The number of piperidine rings is 1. The molecule has 0 radical (unpaired) electrons. The Hall–Kier alpha value is -2.34. The number of carbonyl (C=O) groups is 2. The molecular weight excluding hydrogens is 346 g/mol. The van der Waals surface area contributed by atoms with E-state index in [9.17, 15) is 9.59 Å². The highest BCUT2D eigenvalue weighted by atomic mass is 32.2. The Morgan fingerprint density at radius 3 is 2.58 bits per heavy atom. The van der Waals surface area contributed by atoms with Crippen LogP contribution in [0.1, 0.15) is 40.5 Å². The third-order valence-electron chi connectivity index (χ3n) is 4.43. The van der Waals surface area contributed by atoms with Crippen molar-refractivity contribution in [3.63, 3.8) is 0 Å². The van der Waals surface area contributed by atoms with Crippen LogP contribution in [0.5, 0.6) is 0 Å². The number of hydrogen-bond acceptors (Lipinski definition) is 4. The maximum atomic E-state index is 12.5. The maximum Gasteiger partial charge on any atom is 0.253 e. The van der Waals surface area contributed by atoms with Gasteiger partial charge in [0.05, 0.1) is 5.03 Å². The highest BCUT2D eigenvalue weighted by molar-refractivity contribution is 7.99. The van der Waals surface area contributed by atoms with Crippen molar-refractivity contribution in [1.29, 1.82) is 0 Å². The van der Waals surface area contributed by atoms with E-state index in [0.29, 0.717) is 24.2 Å². The van der Waals surface area contributed by atoms with Crippen molar-refractivity contribution in [3.8, 4) is 0 Å². The number of hydrogen-bond donors (Lipinski definition) is 1. The number of nitrogens with zero attached hydrogens (tertiary/aromatic N) is 2. The van der Waals surface area contributed by atoms with Crippen LogP contribution in [-0.4, -0.2) is 46.6 Å². The minimum absolute atomic E-state index is 0.0609. The monoisotopic (exact) mass is 369 g/mol. The fourth-order valence-corrected chi connectivity index (χ4v) is 3.68. The van der Waals surface area contributed by atoms with Crippen LogP contribution in [-0.2, 0) is 0 Å². The van der Waals surface area contributed by atoms with E-state index in [2.05, 4.69) is 17.2 Å². The molecule has 0 saturated carbocycles. The van der Waals surface area contributed by atoms with Crippen LogP contribution in [0.15, 0.2) is 53.7 Å². The van der Waals surface area contributed by atoms with Gasteiger partial charge in [0.2, 0.25) is 0 Å². The van der Waals surface area contributed by atoms with Gasteiger partial charge in [0.25, 0.3) is 11.8 Å². The number of aromatic nitrogens is 1. The van der Waals surface area contributed by atoms with Crippen LogP contribution >= 0.6 is 11.8 Å². The van der Waals surface area contributed by atoms with E-state index in [1.54, 1.807) is 24.0 Å². The molecule has 1 aliphatic heterocycles. The molecule has 1 fully saturated rings. The molecule has 26 heavy (non-hydrogen) atoms. The Morgan fingerprint density at radius 1 is 1.15 bits per heavy atom. The molecule has 136 valence electrons. The van der Waals surface area contributed by atoms with Crippen LogP contribution in [0.3, 0.4) is 0 Å². The Morgan fingerprint density at radius 2 is 1.88 bits per heavy atom. The molecule has 2 amide bonds. The summed E-state index contributed by atoms with van der Waals surface area (Å²) in [5.41, 5.74) is 1.35. The van der Waals surface area contributed by atoms with Gasteiger partial charge < -0.3 is 10.2 Å². The second kappa shape index (κ2) is 8.85. The summed E-state index contributed by atoms with van der Waals surface area (Å²) in [7, 11) is 0. The number of rotatable bonds is 5. The maximum absolute atomic E-state index is 12.5. The van der Waals surface area contributed by atoms with E-state index in [0.717, 1.165) is 23.6 Å². The Labute approximate surface area is 158 Å². The predicted octanol–water partition coefficient (Wildman–Crippen LogP) is 3.23. The first-order valence-electron chi connectivity index (χ1n) is 8.91. The number of thioether (sulfide) groups is 1. The standard InChI is InChI=1S/C20H23N3O2S/c1-2-26-18-14-16(8-11-21-18)19(24)22-17-9-12-23(13-10-17)20(25)15-6-4-3-5-7-15/h3-8,11,14,17H,2,9-10,12-13H2,1H3,(H,22,24). The van der Waals surface area contributed by atoms with Crippen molar-refractivity contribution in [2.24, 2.45) is 0 Å². The van der Waals surface area contributed by atoms with Crippen molar-refractivity contribution in [2.45, 2.75) is 30.8 Å². The number of carbonyl (C=O) groups excluding carboxylic acids is 2. The molecule has 0 aliphatic carbocycles. The molecule has 2 heterocycles. The molecule has 6 heteroatoms. The third-order valence-corrected chi connectivity index (χ3v) is 5.24. The van der Waals surface area contributed by atoms with Crippen molar-refractivity contribution in [3.05, 3.63) is 59.8 Å². The molecule has 1 aliphatic rings. The van der Waals surface area contributed by atoms with Crippen molar-refractivity contribution in [1.82, 2.24) is 15.2 Å². The lowest BCUT2D eigenvalue weighted by molar-refractivity contribution is 0.0698. The number of benzene rings is 1. The second-order valence-electron chi connectivity index (χ2n) is 6.22. The van der Waals surface area contributed by atoms with Gasteiger partial charge in [0, 0.05) is 36.5 Å². The van der Waals surface area contributed by atoms with Crippen LogP contribution in [0, 0.1) is 0 Å². The average Bonchev–Trinajstić information content (AvgIpc) is 2.69. The fourth-order valence-electron chi connectivity index (χ4n) is 3.04. The summed E-state index contributed by atoms with van der Waals surface area (Å²) in [5.74, 6) is 0.912. The van der Waals surface area contributed by atoms with E-state index in [1.165, 1.54) is 0 Å². The Kier molecular flexibility index (Phi) is 6.28. The molecule has 0 spiro atoms. The molecule has 3 rings (SSSR count). The summed E-state index contributed by atoms with van der Waals surface area (Å²) in [6, 6.07) is 13.0. The quantitative estimate of drug-likeness (QED) is 0.822. The summed E-state index contributed by atoms with van der Waals surface area (Å²) < 4.78 is 0. The number of amides is 2. The number of pyridine rings is 1. The zero-order valence-electron chi connectivity index (χ0n) is 14.9. The van der Waals surface area contributed by atoms with Crippen LogP contribution in [0.2, 0.25) is 0 Å². The first kappa shape index (κ1) is 18.5. The van der Waals surface area contributed by atoms with Crippen LogP contribution < -0.4 is 5.32 Å². The van der Waals surface area contributed by atoms with E-state index < -0.39 is 0 Å². The molecule has 2 aromatic rings. The lowest BCUT2D eigenvalue weighted by atomic mass is 10.0. The van der Waals surface area contributed by atoms with Crippen molar-refractivity contribution >= 4 is 23.6 Å². The van der Waals surface area contributed by atoms with Gasteiger partial charge >= 0.3 is 0 Å². The molecular formula is C20H23N3O2S. The van der Waals surface area contributed by atoms with Crippen molar-refractivity contribution < 1.29 is 9.59 Å². The van der Waals surface area contributed by atoms with Gasteiger partial charge in [-0.3, -0.25) is 9.59 Å². The van der Waals surface area contributed by atoms with E-state index in [1.807, 2.05) is 41.3 Å². The summed E-state index contributed by atoms with van der Waals surface area (Å²) in [6.07, 6.45) is 3.21. The largest absolute Gasteiger partial charge is 0.349 e. The van der Waals surface area contributed by atoms with Gasteiger partial charge in [-0.2, -0.15) is 0 Å². The average molecular weight is 369 g/mol. The van der Waals surface area contributed by atoms with Gasteiger partial charge in [0.1, 0.15) is 0 Å². The number of nitrogens with one attached hydrogen (secondary N) is 1. The SMILES string of the molecule is CCSc1cc(C(=O)NC2CCN(C(=O)c3ccccc3)CC2)ccn1. The van der Waals surface area contributed by atoms with Gasteiger partial charge in [-0.05, 0) is 42.9 Å². The Balaban J connectivity index is 1.53. The summed E-state index contributed by atoms with van der Waals surface area (Å²) in [4.78, 5) is 31.1. The zero-order valence-corrected chi connectivity index (χ0v) is 15.7. The highest BCUT2D eigenvalue weighted by Gasteiger charge is 2.24. The lowest BCUT2D eigenvalue weighted by Crippen LogP contribution is -2.46. The normalized spacial score (nSPS) is 14.9. The first-order valence-corrected chi connectivity index (χ1v) is 9.90. The topological polar surface area (TPSA) is 62.3 Å². The molecule has 0 unspecified atom stereocenters. The van der Waals surface area contributed by atoms with Gasteiger partial charge in [-0.1, -0.05) is 25.1 Å². The van der Waals surface area contributed by atoms with Crippen LogP contribution in [0.4, 0.5) is 0 Å². The zero-order chi connectivity index (χ0) is 18.4. The van der Waals surface area contributed by atoms with Gasteiger partial charge in [-0.25, -0.2) is 4.98 Å². The minimum atomic E-state index is -0.0711. The summed E-state index contributed by atoms with van der Waals surface area (Å²) >= 11 is 1.62. The molecule has 1 N–H and O–H groups in total. The highest BCUT2D eigenvalue weighted by Crippen LogP contribution is 2.17. The van der Waals surface area contributed by atoms with Gasteiger partial charge in [0.15, 0.2) is 0 Å². The minimum Gasteiger partial charge on any atom is -0.349 e. The third kappa shape index (κ3) is 4.64. The van der Waals surface area contributed by atoms with E-state index in [-0.39, 0.29) is 17.9 Å². The molecule has 1 saturated heterocycles. The van der Waals surface area contributed by atoms with Crippen LogP contribution in [0.25, 0.3) is 0 Å².